The van der Waals surface area contributed by atoms with E-state index in [4.69, 9.17) is 0 Å². The first kappa shape index (κ1) is 29.0. The van der Waals surface area contributed by atoms with Gasteiger partial charge in [0.2, 0.25) is 0 Å². The summed E-state index contributed by atoms with van der Waals surface area (Å²) in [6, 6.07) is 15.7. The zero-order valence-electron chi connectivity index (χ0n) is 24.3. The Hall–Kier alpha value is -3.52. The molecule has 5 rings (SSSR count). The van der Waals surface area contributed by atoms with Gasteiger partial charge in [0.1, 0.15) is 0 Å². The van der Waals surface area contributed by atoms with E-state index in [-0.39, 0.29) is 0 Å². The number of allylic oxidation sites excluding steroid dienone is 8. The number of anilines is 1. The molecule has 200 valence electrons. The number of rotatable bonds is 6. The largest absolute Gasteiger partial charge is 0.356 e. The van der Waals surface area contributed by atoms with Gasteiger partial charge in [-0.2, -0.15) is 0 Å². The molecule has 1 N–H and O–H groups in total. The Morgan fingerprint density at radius 3 is 2.29 bits per heavy atom. The number of benzene rings is 2. The summed E-state index contributed by atoms with van der Waals surface area (Å²) in [7, 11) is 0. The monoisotopic (exact) mass is 506 g/mol. The molecule has 1 unspecified atom stereocenters. The lowest BCUT2D eigenvalue weighted by Gasteiger charge is -2.37. The zero-order chi connectivity index (χ0) is 27.3. The van der Waals surface area contributed by atoms with Gasteiger partial charge in [0, 0.05) is 22.8 Å². The lowest BCUT2D eigenvalue weighted by Crippen LogP contribution is -2.33. The molecular weight excluding hydrogens is 460 g/mol. The van der Waals surface area contributed by atoms with Crippen LogP contribution in [0.5, 0.6) is 0 Å². The number of nitrogens with one attached hydrogen (secondary N) is 1. The van der Waals surface area contributed by atoms with Gasteiger partial charge in [-0.25, -0.2) is 0 Å². The van der Waals surface area contributed by atoms with Crippen LogP contribution in [0.4, 0.5) is 5.69 Å². The molecule has 0 bridgehead atoms. The molecule has 0 aromatic heterocycles. The fourth-order valence-corrected chi connectivity index (χ4v) is 5.10. The summed E-state index contributed by atoms with van der Waals surface area (Å²) in [4.78, 5) is 2.55. The minimum atomic E-state index is 0.372. The lowest BCUT2D eigenvalue weighted by atomic mass is 9.96. The molecule has 0 radical (unpaired) electrons. The van der Waals surface area contributed by atoms with Gasteiger partial charge >= 0.3 is 0 Å². The van der Waals surface area contributed by atoms with Crippen molar-refractivity contribution in [1.82, 2.24) is 4.90 Å². The van der Waals surface area contributed by atoms with Crippen LogP contribution in [0, 0.1) is 13.8 Å². The summed E-state index contributed by atoms with van der Waals surface area (Å²) >= 11 is 0. The molecule has 2 aromatic rings. The van der Waals surface area contributed by atoms with Crippen molar-refractivity contribution in [2.75, 3.05) is 5.32 Å². The second kappa shape index (κ2) is 15.0. The Morgan fingerprint density at radius 2 is 1.58 bits per heavy atom. The highest BCUT2D eigenvalue weighted by atomic mass is 15.2. The standard InChI is InChI=1S/C32H34N2.2C2H6/c1-24-12-9-10-19-31(24)32-23-27(21-20-25(32)2)33-26-13-11-18-30(22-26)34(28-14-5-3-6-15-28)29-16-7-4-8-17-29;2*1-2/h3,5-7,9-10,12-14,16-17,19-23,28,33H,4,8,11,15,18H2,1-2H3;2*1-2H3. The summed E-state index contributed by atoms with van der Waals surface area (Å²) < 4.78 is 0. The Bertz CT molecular complexity index is 1240. The van der Waals surface area contributed by atoms with Crippen LogP contribution in [0.1, 0.15) is 70.9 Å². The van der Waals surface area contributed by atoms with Crippen LogP contribution < -0.4 is 5.32 Å². The molecule has 3 aliphatic rings. The Labute approximate surface area is 231 Å². The highest BCUT2D eigenvalue weighted by molar-refractivity contribution is 5.74. The predicted octanol–water partition coefficient (Wildman–Crippen LogP) is 10.4. The van der Waals surface area contributed by atoms with Crippen LogP contribution in [-0.2, 0) is 0 Å². The molecule has 0 saturated carbocycles. The van der Waals surface area contributed by atoms with Gasteiger partial charge in [0.15, 0.2) is 0 Å². The lowest BCUT2D eigenvalue weighted by molar-refractivity contribution is 0.355. The molecular formula is C36H46N2. The van der Waals surface area contributed by atoms with Crippen molar-refractivity contribution in [2.45, 2.75) is 79.7 Å². The average Bonchev–Trinajstić information content (AvgIpc) is 2.98. The van der Waals surface area contributed by atoms with E-state index in [2.05, 4.69) is 121 Å². The third kappa shape index (κ3) is 7.28. The predicted molar refractivity (Wildman–Crippen MR) is 168 cm³/mol. The van der Waals surface area contributed by atoms with E-state index in [0.717, 1.165) is 37.8 Å². The average molecular weight is 507 g/mol. The quantitative estimate of drug-likeness (QED) is 0.419. The molecule has 1 atom stereocenters. The van der Waals surface area contributed by atoms with Crippen molar-refractivity contribution in [2.24, 2.45) is 0 Å². The summed E-state index contributed by atoms with van der Waals surface area (Å²) in [5.74, 6) is 0. The molecule has 0 spiro atoms. The van der Waals surface area contributed by atoms with E-state index in [9.17, 15) is 0 Å². The first-order valence-corrected chi connectivity index (χ1v) is 14.5. The normalized spacial score (nSPS) is 17.6. The topological polar surface area (TPSA) is 15.3 Å². The van der Waals surface area contributed by atoms with Crippen LogP contribution in [0.15, 0.2) is 114 Å². The van der Waals surface area contributed by atoms with Crippen LogP contribution in [0.25, 0.3) is 11.1 Å². The summed E-state index contributed by atoms with van der Waals surface area (Å²) in [6.07, 6.45) is 26.1. The van der Waals surface area contributed by atoms with Crippen LogP contribution in [-0.4, -0.2) is 10.9 Å². The minimum absolute atomic E-state index is 0.372. The third-order valence-corrected chi connectivity index (χ3v) is 6.90. The highest BCUT2D eigenvalue weighted by Gasteiger charge is 2.23. The van der Waals surface area contributed by atoms with Crippen molar-refractivity contribution < 1.29 is 0 Å². The fraction of sp³-hybridized carbons (Fsp3) is 0.333. The minimum Gasteiger partial charge on any atom is -0.356 e. The van der Waals surface area contributed by atoms with Gasteiger partial charge < -0.3 is 10.2 Å². The van der Waals surface area contributed by atoms with Gasteiger partial charge in [0.25, 0.3) is 0 Å². The van der Waals surface area contributed by atoms with E-state index in [1.54, 1.807) is 0 Å². The number of aryl methyl sites for hydroxylation is 2. The maximum atomic E-state index is 3.72. The molecule has 0 heterocycles. The van der Waals surface area contributed by atoms with E-state index >= 15 is 0 Å². The molecule has 38 heavy (non-hydrogen) atoms. The second-order valence-electron chi connectivity index (χ2n) is 9.40. The molecule has 0 aliphatic heterocycles. The summed E-state index contributed by atoms with van der Waals surface area (Å²) in [5.41, 5.74) is 10.2. The van der Waals surface area contributed by atoms with Crippen molar-refractivity contribution in [3.63, 3.8) is 0 Å². The van der Waals surface area contributed by atoms with Gasteiger partial charge in [-0.3, -0.25) is 0 Å². The summed E-state index contributed by atoms with van der Waals surface area (Å²) in [5, 5.41) is 3.72. The fourth-order valence-electron chi connectivity index (χ4n) is 5.10. The van der Waals surface area contributed by atoms with E-state index in [1.165, 1.54) is 39.3 Å². The molecule has 3 aliphatic carbocycles. The van der Waals surface area contributed by atoms with Crippen molar-refractivity contribution >= 4 is 5.69 Å². The van der Waals surface area contributed by atoms with E-state index < -0.39 is 0 Å². The van der Waals surface area contributed by atoms with Gasteiger partial charge in [-0.15, -0.1) is 0 Å². The Balaban J connectivity index is 0.000000956. The van der Waals surface area contributed by atoms with Gasteiger partial charge in [-0.1, -0.05) is 101 Å². The second-order valence-corrected chi connectivity index (χ2v) is 9.40. The van der Waals surface area contributed by atoms with Crippen LogP contribution in [0.3, 0.4) is 0 Å². The van der Waals surface area contributed by atoms with Crippen molar-refractivity contribution in [3.05, 3.63) is 125 Å². The number of hydrogen-bond acceptors (Lipinski definition) is 2. The molecule has 2 nitrogen and oxygen atoms in total. The van der Waals surface area contributed by atoms with Crippen LogP contribution in [0.2, 0.25) is 0 Å². The first-order chi connectivity index (χ1) is 18.7. The van der Waals surface area contributed by atoms with Crippen LogP contribution >= 0.6 is 0 Å². The van der Waals surface area contributed by atoms with Crippen molar-refractivity contribution in [1.29, 1.82) is 0 Å². The maximum Gasteiger partial charge on any atom is 0.0556 e. The van der Waals surface area contributed by atoms with E-state index in [0.29, 0.717) is 6.04 Å². The zero-order valence-corrected chi connectivity index (χ0v) is 24.3. The highest BCUT2D eigenvalue weighted by Crippen LogP contribution is 2.33. The Kier molecular flexibility index (Phi) is 11.5. The maximum absolute atomic E-state index is 3.72. The molecule has 0 saturated heterocycles. The van der Waals surface area contributed by atoms with Gasteiger partial charge in [-0.05, 0) is 92.5 Å². The third-order valence-electron chi connectivity index (χ3n) is 6.90. The van der Waals surface area contributed by atoms with Crippen molar-refractivity contribution in [3.8, 4) is 11.1 Å². The van der Waals surface area contributed by atoms with Gasteiger partial charge in [0.05, 0.1) is 6.04 Å². The van der Waals surface area contributed by atoms with E-state index in [1.807, 2.05) is 27.7 Å². The molecule has 2 heteroatoms. The Morgan fingerprint density at radius 1 is 0.789 bits per heavy atom. The number of nitrogens with zero attached hydrogens (tertiary/aromatic N) is 1. The number of hydrogen-bond donors (Lipinski definition) is 1. The smallest absolute Gasteiger partial charge is 0.0556 e. The molecule has 2 aromatic carbocycles. The molecule has 0 amide bonds. The molecule has 0 fully saturated rings. The first-order valence-electron chi connectivity index (χ1n) is 14.5. The SMILES string of the molecule is CC.CC.Cc1ccccc1-c1cc(NC2=CCCC(N(C3=CCCC=C3)C3C=CC=CC3)=C2)ccc1C. The summed E-state index contributed by atoms with van der Waals surface area (Å²) in [6.45, 7) is 12.4.